The number of epoxide rings is 1. The number of carboxylic acid groups (broad SMARTS) is 1. The van der Waals surface area contributed by atoms with Gasteiger partial charge in [0, 0.05) is 6.42 Å². The van der Waals surface area contributed by atoms with E-state index in [9.17, 15) is 4.79 Å². The van der Waals surface area contributed by atoms with Crippen molar-refractivity contribution in [1.29, 1.82) is 0 Å². The number of hydrogen-bond acceptors (Lipinski definition) is 2. The fourth-order valence-electron chi connectivity index (χ4n) is 2.14. The molecule has 2 atom stereocenters. The third-order valence-electron chi connectivity index (χ3n) is 3.57. The minimum absolute atomic E-state index is 0.195. The van der Waals surface area contributed by atoms with Gasteiger partial charge in [0.05, 0.1) is 6.10 Å². The summed E-state index contributed by atoms with van der Waals surface area (Å²) in [5.74, 6) is -0.753. The summed E-state index contributed by atoms with van der Waals surface area (Å²) in [4.78, 5) is 10.3. The van der Waals surface area contributed by atoms with Gasteiger partial charge in [0.2, 0.25) is 0 Å². The summed E-state index contributed by atoms with van der Waals surface area (Å²) in [5, 5.41) is 8.50. The molecule has 0 amide bonds. The molecule has 3 heteroatoms. The highest BCUT2D eigenvalue weighted by Crippen LogP contribution is 2.26. The lowest BCUT2D eigenvalue weighted by Crippen LogP contribution is -1.91. The molecular weight excluding hydrogens is 312 g/mol. The number of aliphatic carboxylic acids is 1. The van der Waals surface area contributed by atoms with E-state index in [0.29, 0.717) is 12.5 Å². The zero-order valence-corrected chi connectivity index (χ0v) is 15.1. The molecule has 0 saturated carbocycles. The number of rotatable bonds is 13. The van der Waals surface area contributed by atoms with Crippen LogP contribution >= 0.6 is 0 Å². The van der Waals surface area contributed by atoms with Gasteiger partial charge >= 0.3 is 5.97 Å². The molecule has 1 fully saturated rings. The Bertz CT molecular complexity index is 535. The van der Waals surface area contributed by atoms with E-state index in [0.717, 1.165) is 25.7 Å². The Balaban J connectivity index is 2.04. The van der Waals surface area contributed by atoms with Crippen LogP contribution in [0, 0.1) is 0 Å². The molecule has 0 unspecified atom stereocenters. The summed E-state index contributed by atoms with van der Waals surface area (Å²) in [6.45, 7) is 2.14. The molecular formula is C22H30O3. The second kappa shape index (κ2) is 14.2. The lowest BCUT2D eigenvalue weighted by atomic mass is 10.2. The van der Waals surface area contributed by atoms with Crippen molar-refractivity contribution < 1.29 is 14.6 Å². The summed E-state index contributed by atoms with van der Waals surface area (Å²) >= 11 is 0. The molecule has 0 spiro atoms. The predicted octanol–water partition coefficient (Wildman–Crippen LogP) is 5.54. The fourth-order valence-corrected chi connectivity index (χ4v) is 2.14. The Hall–Kier alpha value is -2.13. The van der Waals surface area contributed by atoms with Crippen LogP contribution in [0.1, 0.15) is 45.4 Å². The van der Waals surface area contributed by atoms with Crippen LogP contribution in [0.25, 0.3) is 0 Å². The maximum absolute atomic E-state index is 10.3. The van der Waals surface area contributed by atoms with Crippen LogP contribution < -0.4 is 0 Å². The number of carbonyl (C=O) groups is 1. The quantitative estimate of drug-likeness (QED) is 0.272. The van der Waals surface area contributed by atoms with Crippen molar-refractivity contribution in [2.24, 2.45) is 0 Å². The van der Waals surface area contributed by atoms with Crippen molar-refractivity contribution in [3.05, 3.63) is 72.9 Å². The molecule has 0 aliphatic carbocycles. The lowest BCUT2D eigenvalue weighted by Gasteiger charge is -1.86. The van der Waals surface area contributed by atoms with E-state index in [1.54, 1.807) is 0 Å². The van der Waals surface area contributed by atoms with E-state index in [1.807, 2.05) is 42.5 Å². The first-order valence-corrected chi connectivity index (χ1v) is 9.06. The van der Waals surface area contributed by atoms with Crippen molar-refractivity contribution in [2.45, 2.75) is 57.7 Å². The number of hydrogen-bond donors (Lipinski definition) is 1. The molecule has 25 heavy (non-hydrogen) atoms. The molecule has 136 valence electrons. The van der Waals surface area contributed by atoms with Crippen molar-refractivity contribution in [2.75, 3.05) is 0 Å². The summed E-state index contributed by atoms with van der Waals surface area (Å²) in [7, 11) is 0. The first-order valence-electron chi connectivity index (χ1n) is 9.06. The van der Waals surface area contributed by atoms with Crippen LogP contribution in [0.5, 0.6) is 0 Å². The van der Waals surface area contributed by atoms with Crippen molar-refractivity contribution in [1.82, 2.24) is 0 Å². The number of ether oxygens (including phenoxy) is 1. The fraction of sp³-hybridized carbons (Fsp3) is 0.409. The van der Waals surface area contributed by atoms with Gasteiger partial charge in [0.15, 0.2) is 0 Å². The largest absolute Gasteiger partial charge is 0.481 e. The first-order chi connectivity index (χ1) is 12.2. The zero-order chi connectivity index (χ0) is 18.2. The Labute approximate surface area is 151 Å². The van der Waals surface area contributed by atoms with Crippen LogP contribution in [-0.4, -0.2) is 23.3 Å². The van der Waals surface area contributed by atoms with Crippen molar-refractivity contribution >= 4 is 5.97 Å². The van der Waals surface area contributed by atoms with Gasteiger partial charge in [0.25, 0.3) is 0 Å². The molecule has 3 nitrogen and oxygen atoms in total. The second-order valence-electron chi connectivity index (χ2n) is 5.80. The molecule has 1 aliphatic heterocycles. The van der Waals surface area contributed by atoms with Crippen LogP contribution in [0.15, 0.2) is 72.9 Å². The van der Waals surface area contributed by atoms with E-state index in [1.165, 1.54) is 0 Å². The Morgan fingerprint density at radius 2 is 1.64 bits per heavy atom. The minimum atomic E-state index is -0.753. The smallest absolute Gasteiger partial charge is 0.303 e. The molecule has 1 N–H and O–H groups in total. The average Bonchev–Trinajstić information content (AvgIpc) is 3.34. The van der Waals surface area contributed by atoms with E-state index in [-0.39, 0.29) is 12.5 Å². The molecule has 0 bridgehead atoms. The lowest BCUT2D eigenvalue weighted by molar-refractivity contribution is -0.136. The Kier molecular flexibility index (Phi) is 11.9. The SMILES string of the molecule is CCC=CCC=CC[C@@H]1O[C@H]1C=CC=CC=CCC=CCCC(=O)O. The van der Waals surface area contributed by atoms with E-state index < -0.39 is 5.97 Å². The van der Waals surface area contributed by atoms with E-state index in [4.69, 9.17) is 9.84 Å². The zero-order valence-electron chi connectivity index (χ0n) is 15.1. The third-order valence-corrected chi connectivity index (χ3v) is 3.57. The summed E-state index contributed by atoms with van der Waals surface area (Å²) in [6, 6.07) is 0. The van der Waals surface area contributed by atoms with E-state index in [2.05, 4.69) is 37.3 Å². The maximum atomic E-state index is 10.3. The predicted molar refractivity (Wildman–Crippen MR) is 105 cm³/mol. The van der Waals surface area contributed by atoms with Gasteiger partial charge in [-0.1, -0.05) is 79.8 Å². The summed E-state index contributed by atoms with van der Waals surface area (Å²) in [5.41, 5.74) is 0. The van der Waals surface area contributed by atoms with Gasteiger partial charge < -0.3 is 9.84 Å². The van der Waals surface area contributed by atoms with Gasteiger partial charge in [-0.05, 0) is 32.1 Å². The van der Waals surface area contributed by atoms with Gasteiger partial charge in [-0.15, -0.1) is 0 Å². The second-order valence-corrected chi connectivity index (χ2v) is 5.80. The Morgan fingerprint density at radius 1 is 0.920 bits per heavy atom. The standard InChI is InChI=1S/C22H30O3/c1-2-3-4-5-11-14-17-20-21(25-20)18-15-12-9-7-6-8-10-13-16-19-22(23)24/h3-4,6-7,9-15,18,20-21H,2,5,8,16-17,19H2,1H3,(H,23,24)/t20-,21-/m0/s1. The topological polar surface area (TPSA) is 49.8 Å². The average molecular weight is 342 g/mol. The van der Waals surface area contributed by atoms with E-state index >= 15 is 0 Å². The minimum Gasteiger partial charge on any atom is -0.481 e. The monoisotopic (exact) mass is 342 g/mol. The highest BCUT2D eigenvalue weighted by molar-refractivity contribution is 5.66. The third kappa shape index (κ3) is 12.9. The van der Waals surface area contributed by atoms with Gasteiger partial charge in [0.1, 0.15) is 6.10 Å². The van der Waals surface area contributed by atoms with Gasteiger partial charge in [-0.3, -0.25) is 4.79 Å². The number of carboxylic acids is 1. The summed E-state index contributed by atoms with van der Waals surface area (Å²) in [6.07, 6.45) is 30.0. The molecule has 1 aliphatic rings. The van der Waals surface area contributed by atoms with Gasteiger partial charge in [-0.25, -0.2) is 0 Å². The van der Waals surface area contributed by atoms with Crippen LogP contribution in [-0.2, 0) is 9.53 Å². The molecule has 1 rings (SSSR count). The molecule has 0 aromatic carbocycles. The maximum Gasteiger partial charge on any atom is 0.303 e. The van der Waals surface area contributed by atoms with Crippen molar-refractivity contribution in [3.8, 4) is 0 Å². The summed E-state index contributed by atoms with van der Waals surface area (Å²) < 4.78 is 5.59. The molecule has 1 heterocycles. The van der Waals surface area contributed by atoms with Crippen LogP contribution in [0.3, 0.4) is 0 Å². The van der Waals surface area contributed by atoms with Crippen molar-refractivity contribution in [3.63, 3.8) is 0 Å². The highest BCUT2D eigenvalue weighted by Gasteiger charge is 2.34. The van der Waals surface area contributed by atoms with Crippen LogP contribution in [0.2, 0.25) is 0 Å². The molecule has 0 radical (unpaired) electrons. The molecule has 0 aromatic rings. The first kappa shape index (κ1) is 20.9. The number of allylic oxidation sites excluding steroid dienone is 10. The normalized spacial score (nSPS) is 21.2. The Morgan fingerprint density at radius 3 is 2.44 bits per heavy atom. The molecule has 1 saturated heterocycles. The van der Waals surface area contributed by atoms with Crippen LogP contribution in [0.4, 0.5) is 0 Å². The highest BCUT2D eigenvalue weighted by atomic mass is 16.6. The van der Waals surface area contributed by atoms with Gasteiger partial charge in [-0.2, -0.15) is 0 Å². The molecule has 0 aromatic heterocycles.